The molecule has 1 fully saturated rings. The molecule has 0 bridgehead atoms. The van der Waals surface area contributed by atoms with E-state index in [1.165, 1.54) is 29.7 Å². The molecule has 1 aliphatic rings. The maximum atomic E-state index is 13.0. The summed E-state index contributed by atoms with van der Waals surface area (Å²) in [5.74, 6) is 0.877. The topological polar surface area (TPSA) is 79.7 Å². The average molecular weight is 463 g/mol. The van der Waals surface area contributed by atoms with Crippen molar-refractivity contribution in [1.82, 2.24) is 30.1 Å². The number of benzene rings is 1. The van der Waals surface area contributed by atoms with E-state index in [9.17, 15) is 4.79 Å². The lowest BCUT2D eigenvalue weighted by atomic mass is 9.95. The van der Waals surface area contributed by atoms with Gasteiger partial charge >= 0.3 is 0 Å². The largest absolute Gasteiger partial charge is 0.322 e. The van der Waals surface area contributed by atoms with Crippen molar-refractivity contribution in [3.63, 3.8) is 0 Å². The van der Waals surface area contributed by atoms with E-state index in [4.69, 9.17) is 0 Å². The van der Waals surface area contributed by atoms with Crippen molar-refractivity contribution in [1.29, 1.82) is 0 Å². The quantitative estimate of drug-likeness (QED) is 0.423. The minimum absolute atomic E-state index is 0.0319. The van der Waals surface area contributed by atoms with Crippen molar-refractivity contribution >= 4 is 22.2 Å². The van der Waals surface area contributed by atoms with Gasteiger partial charge in [-0.1, -0.05) is 31.4 Å². The fourth-order valence-electron chi connectivity index (χ4n) is 4.99. The lowest BCUT2D eigenvalue weighted by Gasteiger charge is -2.25. The summed E-state index contributed by atoms with van der Waals surface area (Å²) in [6.07, 6.45) is 6.02. The number of aryl methyl sites for hydroxylation is 2. The highest BCUT2D eigenvalue weighted by molar-refractivity contribution is 7.09. The van der Waals surface area contributed by atoms with Gasteiger partial charge in [-0.2, -0.15) is 0 Å². The summed E-state index contributed by atoms with van der Waals surface area (Å²) < 4.78 is 2.03. The van der Waals surface area contributed by atoms with Gasteiger partial charge in [-0.15, -0.1) is 16.4 Å². The third-order valence-corrected chi connectivity index (χ3v) is 7.45. The molecule has 1 aliphatic carbocycles. The Balaban J connectivity index is 1.45. The van der Waals surface area contributed by atoms with Gasteiger partial charge in [0.2, 0.25) is 0 Å². The number of H-pyrrole nitrogens is 1. The van der Waals surface area contributed by atoms with E-state index in [1.54, 1.807) is 11.3 Å². The first kappa shape index (κ1) is 22.0. The monoisotopic (exact) mass is 462 g/mol. The molecule has 0 amide bonds. The van der Waals surface area contributed by atoms with Crippen molar-refractivity contribution in [3.8, 4) is 0 Å². The Labute approximate surface area is 197 Å². The van der Waals surface area contributed by atoms with Gasteiger partial charge < -0.3 is 4.98 Å². The Bertz CT molecular complexity index is 1290. The van der Waals surface area contributed by atoms with Crippen LogP contribution < -0.4 is 5.56 Å². The van der Waals surface area contributed by atoms with Crippen molar-refractivity contribution in [2.45, 2.75) is 71.6 Å². The Morgan fingerprint density at radius 1 is 1.12 bits per heavy atom. The minimum Gasteiger partial charge on any atom is -0.322 e. The number of aromatic nitrogens is 5. The highest BCUT2D eigenvalue weighted by Gasteiger charge is 2.22. The van der Waals surface area contributed by atoms with Crippen molar-refractivity contribution in [3.05, 3.63) is 73.5 Å². The lowest BCUT2D eigenvalue weighted by Crippen LogP contribution is -2.28. The van der Waals surface area contributed by atoms with Crippen LogP contribution in [0.1, 0.15) is 65.5 Å². The lowest BCUT2D eigenvalue weighted by molar-refractivity contribution is 0.227. The van der Waals surface area contributed by atoms with Crippen molar-refractivity contribution in [2.75, 3.05) is 0 Å². The third-order valence-electron chi connectivity index (χ3n) is 6.59. The van der Waals surface area contributed by atoms with E-state index < -0.39 is 0 Å². The maximum absolute atomic E-state index is 13.0. The molecule has 3 aromatic heterocycles. The number of hydrogen-bond acceptors (Lipinski definition) is 6. The second-order valence-electron chi connectivity index (χ2n) is 9.22. The summed E-state index contributed by atoms with van der Waals surface area (Å²) in [6.45, 7) is 6.04. The van der Waals surface area contributed by atoms with Gasteiger partial charge in [-0.3, -0.25) is 9.69 Å². The second kappa shape index (κ2) is 9.57. The second-order valence-corrected chi connectivity index (χ2v) is 10.3. The molecule has 8 heteroatoms. The molecule has 33 heavy (non-hydrogen) atoms. The molecule has 0 radical (unpaired) electrons. The number of aromatic amines is 1. The van der Waals surface area contributed by atoms with Gasteiger partial charge in [0.1, 0.15) is 0 Å². The van der Waals surface area contributed by atoms with Crippen molar-refractivity contribution in [2.24, 2.45) is 0 Å². The normalized spacial score (nSPS) is 15.0. The van der Waals surface area contributed by atoms with Gasteiger partial charge in [-0.05, 0) is 71.8 Å². The van der Waals surface area contributed by atoms with Crippen LogP contribution in [0.25, 0.3) is 10.9 Å². The molecule has 1 N–H and O–H groups in total. The zero-order valence-corrected chi connectivity index (χ0v) is 20.1. The molecule has 3 heterocycles. The molecule has 0 aliphatic heterocycles. The van der Waals surface area contributed by atoms with Crippen LogP contribution in [0.3, 0.4) is 0 Å². The number of fused-ring (bicyclic) bond motifs is 1. The van der Waals surface area contributed by atoms with E-state index in [0.717, 1.165) is 47.2 Å². The SMILES string of the molecule is Cc1cc(C)c2cc(CN(Cc3cccs3)Cc3nnnn3C3CCCCC3)c(=O)[nH]c2c1. The minimum atomic E-state index is -0.0319. The first-order chi connectivity index (χ1) is 16.1. The molecule has 4 aromatic rings. The average Bonchev–Trinajstić information content (AvgIpc) is 3.47. The number of nitrogens with zero attached hydrogens (tertiary/aromatic N) is 5. The number of tetrazole rings is 1. The van der Waals surface area contributed by atoms with Crippen LogP contribution in [-0.4, -0.2) is 30.1 Å². The summed E-state index contributed by atoms with van der Waals surface area (Å²) in [5.41, 5.74) is 3.95. The van der Waals surface area contributed by atoms with Gasteiger partial charge in [0.25, 0.3) is 5.56 Å². The Morgan fingerprint density at radius 3 is 2.76 bits per heavy atom. The van der Waals surface area contributed by atoms with Crippen LogP contribution in [0, 0.1) is 13.8 Å². The predicted octanol–water partition coefficient (Wildman–Crippen LogP) is 4.90. The van der Waals surface area contributed by atoms with E-state index in [-0.39, 0.29) is 5.56 Å². The summed E-state index contributed by atoms with van der Waals surface area (Å²) in [5, 5.41) is 15.9. The van der Waals surface area contributed by atoms with E-state index >= 15 is 0 Å². The van der Waals surface area contributed by atoms with Gasteiger partial charge in [-0.25, -0.2) is 4.68 Å². The van der Waals surface area contributed by atoms with Crippen LogP contribution in [0.4, 0.5) is 0 Å². The molecule has 0 atom stereocenters. The summed E-state index contributed by atoms with van der Waals surface area (Å²) >= 11 is 1.73. The molecule has 0 saturated heterocycles. The predicted molar refractivity (Wildman–Crippen MR) is 131 cm³/mol. The van der Waals surface area contributed by atoms with Crippen LogP contribution in [-0.2, 0) is 19.6 Å². The summed E-state index contributed by atoms with van der Waals surface area (Å²) in [7, 11) is 0. The molecular formula is C25H30N6OS. The zero-order chi connectivity index (χ0) is 22.8. The van der Waals surface area contributed by atoms with E-state index in [0.29, 0.717) is 19.1 Å². The third kappa shape index (κ3) is 4.91. The summed E-state index contributed by atoms with van der Waals surface area (Å²) in [4.78, 5) is 19.6. The Morgan fingerprint density at radius 2 is 1.97 bits per heavy atom. The van der Waals surface area contributed by atoms with E-state index in [2.05, 4.69) is 68.9 Å². The standard InChI is InChI=1S/C25H30N6OS/c1-17-11-18(2)22-13-19(25(32)26-23(22)12-17)14-30(15-21-9-6-10-33-21)16-24-27-28-29-31(24)20-7-4-3-5-8-20/h6,9-13,20H,3-5,7-8,14-16H2,1-2H3,(H,26,32). The molecule has 7 nitrogen and oxygen atoms in total. The fourth-order valence-corrected chi connectivity index (χ4v) is 5.74. The van der Waals surface area contributed by atoms with Crippen LogP contribution >= 0.6 is 11.3 Å². The molecule has 172 valence electrons. The van der Waals surface area contributed by atoms with Gasteiger partial charge in [0.05, 0.1) is 12.6 Å². The highest BCUT2D eigenvalue weighted by atomic mass is 32.1. The number of nitrogens with one attached hydrogen (secondary N) is 1. The Kier molecular flexibility index (Phi) is 6.37. The van der Waals surface area contributed by atoms with Gasteiger partial charge in [0.15, 0.2) is 5.82 Å². The van der Waals surface area contributed by atoms with Crippen LogP contribution in [0.5, 0.6) is 0 Å². The van der Waals surface area contributed by atoms with Crippen molar-refractivity contribution < 1.29 is 0 Å². The zero-order valence-electron chi connectivity index (χ0n) is 19.3. The smallest absolute Gasteiger partial charge is 0.252 e. The number of thiophene rings is 1. The van der Waals surface area contributed by atoms with Crippen LogP contribution in [0.2, 0.25) is 0 Å². The number of pyridine rings is 1. The number of hydrogen-bond donors (Lipinski definition) is 1. The molecule has 0 unspecified atom stereocenters. The first-order valence-corrected chi connectivity index (χ1v) is 12.6. The van der Waals surface area contributed by atoms with Crippen LogP contribution in [0.15, 0.2) is 40.5 Å². The Hall–Kier alpha value is -2.84. The first-order valence-electron chi connectivity index (χ1n) is 11.7. The number of rotatable bonds is 7. The van der Waals surface area contributed by atoms with Gasteiger partial charge in [0, 0.05) is 34.4 Å². The molecule has 0 spiro atoms. The highest BCUT2D eigenvalue weighted by Crippen LogP contribution is 2.28. The molecule has 1 saturated carbocycles. The molecule has 5 rings (SSSR count). The fraction of sp³-hybridized carbons (Fsp3) is 0.440. The summed E-state index contributed by atoms with van der Waals surface area (Å²) in [6, 6.07) is 10.8. The maximum Gasteiger partial charge on any atom is 0.252 e. The van der Waals surface area contributed by atoms with E-state index in [1.807, 2.05) is 10.7 Å². The molecular weight excluding hydrogens is 432 g/mol. The molecule has 1 aromatic carbocycles.